The summed E-state index contributed by atoms with van der Waals surface area (Å²) in [5.41, 5.74) is 1.31. The van der Waals surface area contributed by atoms with Gasteiger partial charge in [0.05, 0.1) is 12.6 Å². The molecule has 0 radical (unpaired) electrons. The SMILES string of the molecule is CC(CCc1ccccc1)NCC(=O)NCC#N. The average Bonchev–Trinajstić information content (AvgIpc) is 2.41. The standard InChI is InChI=1S/C14H19N3O/c1-12(17-11-14(18)16-10-9-15)7-8-13-5-3-2-4-6-13/h2-6,12,17H,7-8,10-11H2,1H3,(H,16,18). The van der Waals surface area contributed by atoms with E-state index in [1.54, 1.807) is 0 Å². The van der Waals surface area contributed by atoms with Crippen molar-refractivity contribution in [1.82, 2.24) is 10.6 Å². The van der Waals surface area contributed by atoms with Crippen LogP contribution in [0.2, 0.25) is 0 Å². The Hall–Kier alpha value is -1.86. The first-order chi connectivity index (χ1) is 8.72. The summed E-state index contributed by atoms with van der Waals surface area (Å²) < 4.78 is 0. The van der Waals surface area contributed by atoms with Crippen LogP contribution in [0.25, 0.3) is 0 Å². The van der Waals surface area contributed by atoms with E-state index in [4.69, 9.17) is 5.26 Å². The van der Waals surface area contributed by atoms with E-state index in [1.165, 1.54) is 5.56 Å². The second-order valence-electron chi connectivity index (χ2n) is 4.24. The Balaban J connectivity index is 2.16. The Kier molecular flexibility index (Phi) is 6.52. The molecule has 0 saturated carbocycles. The molecule has 0 bridgehead atoms. The van der Waals surface area contributed by atoms with Crippen LogP contribution in [0.3, 0.4) is 0 Å². The number of amides is 1. The van der Waals surface area contributed by atoms with Crippen LogP contribution in [0, 0.1) is 11.3 Å². The van der Waals surface area contributed by atoms with Crippen molar-refractivity contribution in [1.29, 1.82) is 5.26 Å². The van der Waals surface area contributed by atoms with Gasteiger partial charge in [-0.1, -0.05) is 30.3 Å². The van der Waals surface area contributed by atoms with Crippen molar-refractivity contribution < 1.29 is 4.79 Å². The maximum absolute atomic E-state index is 11.3. The summed E-state index contributed by atoms with van der Waals surface area (Å²) in [6.07, 6.45) is 1.98. The highest BCUT2D eigenvalue weighted by Crippen LogP contribution is 2.04. The molecule has 1 atom stereocenters. The van der Waals surface area contributed by atoms with Crippen molar-refractivity contribution in [2.75, 3.05) is 13.1 Å². The lowest BCUT2D eigenvalue weighted by molar-refractivity contribution is -0.120. The van der Waals surface area contributed by atoms with E-state index in [9.17, 15) is 4.79 Å². The third-order valence-electron chi connectivity index (χ3n) is 2.68. The Morgan fingerprint density at radius 3 is 2.78 bits per heavy atom. The predicted molar refractivity (Wildman–Crippen MR) is 70.9 cm³/mol. The molecule has 0 heterocycles. The number of hydrogen-bond donors (Lipinski definition) is 2. The van der Waals surface area contributed by atoms with E-state index in [0.29, 0.717) is 0 Å². The molecule has 1 rings (SSSR count). The van der Waals surface area contributed by atoms with Gasteiger partial charge in [-0.3, -0.25) is 4.79 Å². The Morgan fingerprint density at radius 1 is 1.39 bits per heavy atom. The Labute approximate surface area is 108 Å². The van der Waals surface area contributed by atoms with Crippen molar-refractivity contribution in [3.8, 4) is 6.07 Å². The van der Waals surface area contributed by atoms with Crippen LogP contribution in [0.1, 0.15) is 18.9 Å². The minimum atomic E-state index is -0.136. The number of nitriles is 1. The maximum Gasteiger partial charge on any atom is 0.234 e. The lowest BCUT2D eigenvalue weighted by Crippen LogP contribution is -2.38. The molecular formula is C14H19N3O. The molecule has 0 aliphatic rings. The predicted octanol–water partition coefficient (Wildman–Crippen LogP) is 1.24. The highest BCUT2D eigenvalue weighted by Gasteiger charge is 2.05. The third kappa shape index (κ3) is 6.02. The molecule has 0 saturated heterocycles. The Morgan fingerprint density at radius 2 is 2.11 bits per heavy atom. The summed E-state index contributed by atoms with van der Waals surface area (Å²) in [7, 11) is 0. The zero-order chi connectivity index (χ0) is 13.2. The molecule has 4 heteroatoms. The van der Waals surface area contributed by atoms with Gasteiger partial charge in [0.15, 0.2) is 0 Å². The van der Waals surface area contributed by atoms with E-state index in [-0.39, 0.29) is 25.0 Å². The van der Waals surface area contributed by atoms with E-state index < -0.39 is 0 Å². The van der Waals surface area contributed by atoms with Crippen molar-refractivity contribution >= 4 is 5.91 Å². The number of nitrogens with zero attached hydrogens (tertiary/aromatic N) is 1. The molecule has 1 aromatic carbocycles. The van der Waals surface area contributed by atoms with E-state index in [2.05, 4.69) is 29.7 Å². The summed E-state index contributed by atoms with van der Waals surface area (Å²) in [5, 5.41) is 14.0. The van der Waals surface area contributed by atoms with Gasteiger partial charge in [0.25, 0.3) is 0 Å². The van der Waals surface area contributed by atoms with E-state index in [0.717, 1.165) is 12.8 Å². The molecule has 0 aliphatic heterocycles. The van der Waals surface area contributed by atoms with Crippen LogP contribution < -0.4 is 10.6 Å². The molecule has 18 heavy (non-hydrogen) atoms. The van der Waals surface area contributed by atoms with Gasteiger partial charge in [-0.2, -0.15) is 5.26 Å². The molecule has 96 valence electrons. The number of nitrogens with one attached hydrogen (secondary N) is 2. The second-order valence-corrected chi connectivity index (χ2v) is 4.24. The molecule has 0 spiro atoms. The molecule has 0 fully saturated rings. The summed E-state index contributed by atoms with van der Waals surface area (Å²) in [6.45, 7) is 2.39. The largest absolute Gasteiger partial charge is 0.342 e. The van der Waals surface area contributed by atoms with Crippen LogP contribution in [0.5, 0.6) is 0 Å². The monoisotopic (exact) mass is 245 g/mol. The quantitative estimate of drug-likeness (QED) is 0.710. The zero-order valence-corrected chi connectivity index (χ0v) is 10.6. The fraction of sp³-hybridized carbons (Fsp3) is 0.429. The van der Waals surface area contributed by atoms with Crippen LogP contribution in [0.4, 0.5) is 0 Å². The number of hydrogen-bond acceptors (Lipinski definition) is 3. The molecule has 1 aromatic rings. The summed E-state index contributed by atoms with van der Waals surface area (Å²) >= 11 is 0. The first-order valence-corrected chi connectivity index (χ1v) is 6.13. The molecule has 4 nitrogen and oxygen atoms in total. The van der Waals surface area contributed by atoms with Gasteiger partial charge in [-0.15, -0.1) is 0 Å². The maximum atomic E-state index is 11.3. The molecule has 2 N–H and O–H groups in total. The first-order valence-electron chi connectivity index (χ1n) is 6.13. The van der Waals surface area contributed by atoms with Crippen LogP contribution in [0.15, 0.2) is 30.3 Å². The van der Waals surface area contributed by atoms with Crippen molar-refractivity contribution in [2.24, 2.45) is 0 Å². The normalized spacial score (nSPS) is 11.6. The minimum Gasteiger partial charge on any atom is -0.342 e. The zero-order valence-electron chi connectivity index (χ0n) is 10.6. The summed E-state index contributed by atoms with van der Waals surface area (Å²) in [4.78, 5) is 11.3. The number of benzene rings is 1. The molecule has 0 aromatic heterocycles. The van der Waals surface area contributed by atoms with Crippen molar-refractivity contribution in [3.05, 3.63) is 35.9 Å². The number of carbonyl (C=O) groups excluding carboxylic acids is 1. The van der Waals surface area contributed by atoms with Crippen molar-refractivity contribution in [3.63, 3.8) is 0 Å². The van der Waals surface area contributed by atoms with Crippen LogP contribution in [-0.2, 0) is 11.2 Å². The highest BCUT2D eigenvalue weighted by atomic mass is 16.1. The smallest absolute Gasteiger partial charge is 0.234 e. The number of aryl methyl sites for hydroxylation is 1. The molecule has 0 aliphatic carbocycles. The summed E-state index contributed by atoms with van der Waals surface area (Å²) in [6, 6.07) is 12.4. The van der Waals surface area contributed by atoms with Gasteiger partial charge in [-0.25, -0.2) is 0 Å². The fourth-order valence-corrected chi connectivity index (χ4v) is 1.60. The van der Waals surface area contributed by atoms with Crippen LogP contribution >= 0.6 is 0 Å². The average molecular weight is 245 g/mol. The van der Waals surface area contributed by atoms with Gasteiger partial charge < -0.3 is 10.6 Å². The number of rotatable bonds is 7. The van der Waals surface area contributed by atoms with Crippen LogP contribution in [-0.4, -0.2) is 25.0 Å². The van der Waals surface area contributed by atoms with Gasteiger partial charge in [0.2, 0.25) is 5.91 Å². The number of carbonyl (C=O) groups is 1. The van der Waals surface area contributed by atoms with Gasteiger partial charge >= 0.3 is 0 Å². The van der Waals surface area contributed by atoms with Gasteiger partial charge in [0.1, 0.15) is 6.54 Å². The highest BCUT2D eigenvalue weighted by molar-refractivity contribution is 5.78. The fourth-order valence-electron chi connectivity index (χ4n) is 1.60. The topological polar surface area (TPSA) is 64.9 Å². The van der Waals surface area contributed by atoms with Crippen molar-refractivity contribution in [2.45, 2.75) is 25.8 Å². The second kappa shape index (κ2) is 8.26. The third-order valence-corrected chi connectivity index (χ3v) is 2.68. The molecular weight excluding hydrogens is 226 g/mol. The van der Waals surface area contributed by atoms with E-state index in [1.807, 2.05) is 24.3 Å². The first kappa shape index (κ1) is 14.2. The summed E-state index contributed by atoms with van der Waals surface area (Å²) in [5.74, 6) is -0.136. The van der Waals surface area contributed by atoms with E-state index >= 15 is 0 Å². The van der Waals surface area contributed by atoms with Gasteiger partial charge in [-0.05, 0) is 25.3 Å². The van der Waals surface area contributed by atoms with Gasteiger partial charge in [0, 0.05) is 6.04 Å². The molecule has 1 amide bonds. The lowest BCUT2D eigenvalue weighted by atomic mass is 10.1. The Bertz CT molecular complexity index is 397. The minimum absolute atomic E-state index is 0.0684. The lowest BCUT2D eigenvalue weighted by Gasteiger charge is -2.13. The molecule has 1 unspecified atom stereocenters.